The van der Waals surface area contributed by atoms with Gasteiger partial charge in [0.25, 0.3) is 5.91 Å². The number of fused-ring (bicyclic) bond motifs is 1. The van der Waals surface area contributed by atoms with E-state index in [1.54, 1.807) is 6.07 Å². The van der Waals surface area contributed by atoms with Crippen molar-refractivity contribution in [1.82, 2.24) is 10.3 Å². The number of hydrogen-bond donors (Lipinski definition) is 2. The topological polar surface area (TPSA) is 62.0 Å². The first-order valence-electron chi connectivity index (χ1n) is 6.31. The van der Waals surface area contributed by atoms with Gasteiger partial charge in [0.05, 0.1) is 6.04 Å². The van der Waals surface area contributed by atoms with E-state index in [0.717, 1.165) is 12.8 Å². The van der Waals surface area contributed by atoms with Crippen molar-refractivity contribution < 1.29 is 4.79 Å². The first-order chi connectivity index (χ1) is 9.24. The van der Waals surface area contributed by atoms with Gasteiger partial charge in [0.2, 0.25) is 5.56 Å². The average molecular weight is 254 g/mol. The largest absolute Gasteiger partial charge is 0.345 e. The second-order valence-electron chi connectivity index (χ2n) is 4.71. The number of carbonyl (C=O) groups excluding carboxylic acids is 1. The molecule has 2 aromatic rings. The van der Waals surface area contributed by atoms with Crippen LogP contribution in [0.1, 0.15) is 33.9 Å². The number of hydrogen-bond acceptors (Lipinski definition) is 2. The van der Waals surface area contributed by atoms with Crippen LogP contribution in [-0.2, 0) is 6.42 Å². The van der Waals surface area contributed by atoms with Crippen molar-refractivity contribution in [2.24, 2.45) is 0 Å². The quantitative estimate of drug-likeness (QED) is 0.858. The number of benzene rings is 1. The van der Waals surface area contributed by atoms with E-state index in [0.29, 0.717) is 5.56 Å². The molecule has 4 heteroatoms. The van der Waals surface area contributed by atoms with Crippen molar-refractivity contribution in [3.8, 4) is 0 Å². The Bertz CT molecular complexity index is 676. The molecule has 0 aliphatic heterocycles. The monoisotopic (exact) mass is 254 g/mol. The average Bonchev–Trinajstić information content (AvgIpc) is 2.82. The van der Waals surface area contributed by atoms with E-state index < -0.39 is 0 Å². The normalized spacial score (nSPS) is 16.9. The van der Waals surface area contributed by atoms with E-state index in [9.17, 15) is 9.59 Å². The number of rotatable bonds is 2. The van der Waals surface area contributed by atoms with E-state index in [1.165, 1.54) is 23.4 Å². The molecule has 1 aliphatic rings. The van der Waals surface area contributed by atoms with Gasteiger partial charge in [-0.2, -0.15) is 0 Å². The second kappa shape index (κ2) is 4.72. The summed E-state index contributed by atoms with van der Waals surface area (Å²) in [6.07, 6.45) is 3.38. The zero-order valence-electron chi connectivity index (χ0n) is 10.3. The summed E-state index contributed by atoms with van der Waals surface area (Å²) in [5, 5.41) is 2.99. The van der Waals surface area contributed by atoms with Gasteiger partial charge >= 0.3 is 0 Å². The molecule has 0 bridgehead atoms. The Morgan fingerprint density at radius 3 is 2.95 bits per heavy atom. The zero-order valence-corrected chi connectivity index (χ0v) is 10.3. The lowest BCUT2D eigenvalue weighted by atomic mass is 10.1. The van der Waals surface area contributed by atoms with E-state index in [-0.39, 0.29) is 17.5 Å². The van der Waals surface area contributed by atoms with Crippen LogP contribution in [0.25, 0.3) is 0 Å². The summed E-state index contributed by atoms with van der Waals surface area (Å²) >= 11 is 0. The lowest BCUT2D eigenvalue weighted by Crippen LogP contribution is -2.28. The van der Waals surface area contributed by atoms with Crippen molar-refractivity contribution in [1.29, 1.82) is 0 Å². The SMILES string of the molecule is O=C(NC1CCc2ccccc21)c1cc[nH]c(=O)c1. The summed E-state index contributed by atoms with van der Waals surface area (Å²) in [7, 11) is 0. The summed E-state index contributed by atoms with van der Waals surface area (Å²) in [6.45, 7) is 0. The molecule has 3 rings (SSSR count). The van der Waals surface area contributed by atoms with Gasteiger partial charge in [-0.1, -0.05) is 24.3 Å². The zero-order chi connectivity index (χ0) is 13.2. The molecule has 1 atom stereocenters. The molecule has 4 nitrogen and oxygen atoms in total. The number of pyridine rings is 1. The van der Waals surface area contributed by atoms with E-state index in [1.807, 2.05) is 18.2 Å². The fourth-order valence-corrected chi connectivity index (χ4v) is 2.53. The number of aromatic amines is 1. The van der Waals surface area contributed by atoms with Gasteiger partial charge in [0, 0.05) is 17.8 Å². The highest BCUT2D eigenvalue weighted by Crippen LogP contribution is 2.30. The molecule has 1 aromatic carbocycles. The molecule has 0 saturated heterocycles. The van der Waals surface area contributed by atoms with Crippen LogP contribution in [0.5, 0.6) is 0 Å². The van der Waals surface area contributed by atoms with Gasteiger partial charge in [0.15, 0.2) is 0 Å². The number of amides is 1. The van der Waals surface area contributed by atoms with E-state index >= 15 is 0 Å². The summed E-state index contributed by atoms with van der Waals surface area (Å²) in [5.74, 6) is -0.201. The number of aryl methyl sites for hydroxylation is 1. The molecule has 1 amide bonds. The molecular formula is C15H14N2O2. The van der Waals surface area contributed by atoms with Gasteiger partial charge in [0.1, 0.15) is 0 Å². The third-order valence-corrected chi connectivity index (χ3v) is 3.48. The molecule has 0 fully saturated rings. The standard InChI is InChI=1S/C15H14N2O2/c18-14-9-11(7-8-16-14)15(19)17-13-6-5-10-3-1-2-4-12(10)13/h1-4,7-9,13H,5-6H2,(H,16,18)(H,17,19). The summed E-state index contributed by atoms with van der Waals surface area (Å²) in [4.78, 5) is 25.8. The maximum Gasteiger partial charge on any atom is 0.252 e. The van der Waals surface area contributed by atoms with E-state index in [2.05, 4.69) is 16.4 Å². The Hall–Kier alpha value is -2.36. The lowest BCUT2D eigenvalue weighted by Gasteiger charge is -2.13. The first-order valence-corrected chi connectivity index (χ1v) is 6.31. The third kappa shape index (κ3) is 2.29. The summed E-state index contributed by atoms with van der Waals surface area (Å²) in [5.41, 5.74) is 2.60. The molecule has 2 N–H and O–H groups in total. The van der Waals surface area contributed by atoms with Gasteiger partial charge in [-0.25, -0.2) is 0 Å². The van der Waals surface area contributed by atoms with Gasteiger partial charge < -0.3 is 10.3 Å². The Labute approximate surface area is 110 Å². The van der Waals surface area contributed by atoms with Crippen LogP contribution in [0.4, 0.5) is 0 Å². The van der Waals surface area contributed by atoms with Crippen LogP contribution in [0.2, 0.25) is 0 Å². The highest BCUT2D eigenvalue weighted by atomic mass is 16.2. The molecular weight excluding hydrogens is 240 g/mol. The van der Waals surface area contributed by atoms with Crippen LogP contribution < -0.4 is 10.9 Å². The van der Waals surface area contributed by atoms with Crippen LogP contribution in [-0.4, -0.2) is 10.9 Å². The molecule has 1 heterocycles. The second-order valence-corrected chi connectivity index (χ2v) is 4.71. The number of H-pyrrole nitrogens is 1. The Morgan fingerprint density at radius 2 is 2.11 bits per heavy atom. The van der Waals surface area contributed by atoms with Crippen LogP contribution in [0.3, 0.4) is 0 Å². The first kappa shape index (κ1) is 11.7. The van der Waals surface area contributed by atoms with Crippen LogP contribution in [0.15, 0.2) is 47.4 Å². The molecule has 1 aliphatic carbocycles. The number of nitrogens with one attached hydrogen (secondary N) is 2. The van der Waals surface area contributed by atoms with Crippen LogP contribution >= 0.6 is 0 Å². The van der Waals surface area contributed by atoms with Crippen molar-refractivity contribution in [2.75, 3.05) is 0 Å². The summed E-state index contributed by atoms with van der Waals surface area (Å²) < 4.78 is 0. The molecule has 19 heavy (non-hydrogen) atoms. The number of carbonyl (C=O) groups is 1. The smallest absolute Gasteiger partial charge is 0.252 e. The van der Waals surface area contributed by atoms with Crippen molar-refractivity contribution in [2.45, 2.75) is 18.9 Å². The van der Waals surface area contributed by atoms with Gasteiger partial charge in [-0.3, -0.25) is 9.59 Å². The maximum atomic E-state index is 12.1. The molecule has 0 radical (unpaired) electrons. The van der Waals surface area contributed by atoms with Gasteiger partial charge in [-0.05, 0) is 30.0 Å². The van der Waals surface area contributed by atoms with Crippen LogP contribution in [0, 0.1) is 0 Å². The molecule has 1 aromatic heterocycles. The van der Waals surface area contributed by atoms with Crippen molar-refractivity contribution in [3.05, 3.63) is 69.6 Å². The number of aromatic nitrogens is 1. The molecule has 1 unspecified atom stereocenters. The predicted molar refractivity (Wildman–Crippen MR) is 72.0 cm³/mol. The fourth-order valence-electron chi connectivity index (χ4n) is 2.53. The Morgan fingerprint density at radius 1 is 1.26 bits per heavy atom. The predicted octanol–water partition coefficient (Wildman–Crippen LogP) is 1.79. The molecule has 0 spiro atoms. The van der Waals surface area contributed by atoms with Crippen molar-refractivity contribution >= 4 is 5.91 Å². The van der Waals surface area contributed by atoms with Crippen molar-refractivity contribution in [3.63, 3.8) is 0 Å². The van der Waals surface area contributed by atoms with Gasteiger partial charge in [-0.15, -0.1) is 0 Å². The minimum absolute atomic E-state index is 0.0444. The summed E-state index contributed by atoms with van der Waals surface area (Å²) in [6, 6.07) is 11.1. The highest BCUT2D eigenvalue weighted by molar-refractivity contribution is 5.94. The minimum atomic E-state index is -0.264. The Kier molecular flexibility index (Phi) is 2.91. The minimum Gasteiger partial charge on any atom is -0.345 e. The lowest BCUT2D eigenvalue weighted by molar-refractivity contribution is 0.0936. The molecule has 0 saturated carbocycles. The maximum absolute atomic E-state index is 12.1. The van der Waals surface area contributed by atoms with E-state index in [4.69, 9.17) is 0 Å². The Balaban J connectivity index is 1.80. The molecule has 96 valence electrons. The highest BCUT2D eigenvalue weighted by Gasteiger charge is 2.23. The fraction of sp³-hybridized carbons (Fsp3) is 0.200. The third-order valence-electron chi connectivity index (χ3n) is 3.48.